The smallest absolute Gasteiger partial charge is 0.324 e. The van der Waals surface area contributed by atoms with Crippen LogP contribution in [0.25, 0.3) is 0 Å². The molecular weight excluding hydrogens is 432 g/mol. The van der Waals surface area contributed by atoms with Gasteiger partial charge in [-0.1, -0.05) is 36.5 Å². The molecule has 2 heterocycles. The zero-order valence-electron chi connectivity index (χ0n) is 17.2. The maximum Gasteiger partial charge on any atom is 0.324 e. The van der Waals surface area contributed by atoms with Crippen molar-refractivity contribution in [1.82, 2.24) is 10.2 Å². The number of allylic oxidation sites excluding steroid dienone is 1. The average Bonchev–Trinajstić information content (AvgIpc) is 3.19. The van der Waals surface area contributed by atoms with Gasteiger partial charge in [0.25, 0.3) is 0 Å². The van der Waals surface area contributed by atoms with Gasteiger partial charge < -0.3 is 4.74 Å². The Labute approximate surface area is 191 Å². The fourth-order valence-electron chi connectivity index (χ4n) is 4.34. The Bertz CT molecular complexity index is 988. The molecule has 1 amide bonds. The van der Waals surface area contributed by atoms with Crippen LogP contribution in [0.3, 0.4) is 0 Å². The number of ether oxygens (including phenoxy) is 1. The molecule has 1 aromatic rings. The second kappa shape index (κ2) is 9.46. The zero-order valence-corrected chi connectivity index (χ0v) is 18.8. The molecule has 0 radical (unpaired) electrons. The molecule has 1 saturated heterocycles. The number of carbonyl (C=O) groups is 3. The molecule has 31 heavy (non-hydrogen) atoms. The Hall–Kier alpha value is -2.29. The summed E-state index contributed by atoms with van der Waals surface area (Å²) in [7, 11) is 0. The first-order chi connectivity index (χ1) is 15.0. The van der Waals surface area contributed by atoms with Crippen molar-refractivity contribution in [3.63, 3.8) is 0 Å². The van der Waals surface area contributed by atoms with Gasteiger partial charge in [-0.05, 0) is 42.7 Å². The van der Waals surface area contributed by atoms with E-state index >= 15 is 0 Å². The van der Waals surface area contributed by atoms with Crippen LogP contribution in [0.1, 0.15) is 24.5 Å². The quantitative estimate of drug-likeness (QED) is 0.539. The predicted molar refractivity (Wildman–Crippen MR) is 123 cm³/mol. The number of carbonyl (C=O) groups excluding carboxylic acids is 3. The highest BCUT2D eigenvalue weighted by molar-refractivity contribution is 8.05. The fourth-order valence-corrected chi connectivity index (χ4v) is 5.30. The molecule has 2 aliphatic heterocycles. The molecular formula is C23H24N2O4S2. The van der Waals surface area contributed by atoms with Crippen molar-refractivity contribution in [3.8, 4) is 0 Å². The molecule has 0 saturated carbocycles. The highest BCUT2D eigenvalue weighted by atomic mass is 32.2. The minimum atomic E-state index is -0.824. The van der Waals surface area contributed by atoms with Gasteiger partial charge in [-0.3, -0.25) is 24.6 Å². The SMILES string of the molecule is CCOC(=O)[C@H]1NCC(=S)C1C(=O)C1=CSC=CN1C(=O)C1CCc2ccccc2C1. The third-order valence-corrected chi connectivity index (χ3v) is 6.95. The van der Waals surface area contributed by atoms with E-state index in [0.717, 1.165) is 12.8 Å². The number of hydrogen-bond donors (Lipinski definition) is 1. The van der Waals surface area contributed by atoms with Crippen molar-refractivity contribution in [2.75, 3.05) is 13.2 Å². The standard InChI is InChI=1S/C23H24N2O4S2/c1-2-29-23(28)20-19(18(30)12-24-20)21(26)17-13-31-10-9-25(17)22(27)16-8-7-14-5-3-4-6-15(14)11-16/h3-6,9-10,13,16,19-20,24H,2,7-8,11-12H2,1H3/t16?,19?,20-/m0/s1. The molecule has 1 N–H and O–H groups in total. The number of benzene rings is 1. The lowest BCUT2D eigenvalue weighted by atomic mass is 9.83. The van der Waals surface area contributed by atoms with E-state index in [1.54, 1.807) is 23.9 Å². The summed E-state index contributed by atoms with van der Waals surface area (Å²) in [6.07, 6.45) is 3.88. The summed E-state index contributed by atoms with van der Waals surface area (Å²) in [5, 5.41) is 6.43. The van der Waals surface area contributed by atoms with E-state index in [9.17, 15) is 14.4 Å². The number of fused-ring (bicyclic) bond motifs is 1. The summed E-state index contributed by atoms with van der Waals surface area (Å²) in [5.41, 5.74) is 2.73. The number of thiocarbonyl (C=S) groups is 1. The van der Waals surface area contributed by atoms with Crippen molar-refractivity contribution in [1.29, 1.82) is 0 Å². The summed E-state index contributed by atoms with van der Waals surface area (Å²) < 4.78 is 5.11. The molecule has 1 fully saturated rings. The second-order valence-electron chi connectivity index (χ2n) is 7.76. The van der Waals surface area contributed by atoms with Gasteiger partial charge in [-0.15, -0.1) is 11.8 Å². The van der Waals surface area contributed by atoms with Crippen molar-refractivity contribution >= 4 is 46.5 Å². The van der Waals surface area contributed by atoms with Crippen LogP contribution >= 0.6 is 24.0 Å². The maximum atomic E-state index is 13.5. The minimum Gasteiger partial charge on any atom is -0.465 e. The van der Waals surface area contributed by atoms with Gasteiger partial charge in [0, 0.05) is 28.9 Å². The molecule has 4 rings (SSSR count). The van der Waals surface area contributed by atoms with Gasteiger partial charge in [0.15, 0.2) is 5.78 Å². The molecule has 0 bridgehead atoms. The first kappa shape index (κ1) is 21.9. The van der Waals surface area contributed by atoms with E-state index in [0.29, 0.717) is 17.8 Å². The number of hydrogen-bond acceptors (Lipinski definition) is 7. The van der Waals surface area contributed by atoms with Crippen molar-refractivity contribution in [2.24, 2.45) is 11.8 Å². The Balaban J connectivity index is 1.54. The second-order valence-corrected chi connectivity index (χ2v) is 9.06. The van der Waals surface area contributed by atoms with Crippen LogP contribution in [0, 0.1) is 11.8 Å². The third kappa shape index (κ3) is 4.37. The van der Waals surface area contributed by atoms with Gasteiger partial charge in [0.2, 0.25) is 5.91 Å². The van der Waals surface area contributed by atoms with Crippen LogP contribution in [0.15, 0.2) is 47.0 Å². The van der Waals surface area contributed by atoms with E-state index in [2.05, 4.69) is 17.4 Å². The Morgan fingerprint density at radius 2 is 2.03 bits per heavy atom. The Morgan fingerprint density at radius 3 is 2.81 bits per heavy atom. The molecule has 8 heteroatoms. The number of thioether (sulfide) groups is 1. The van der Waals surface area contributed by atoms with Crippen LogP contribution in [-0.2, 0) is 32.0 Å². The van der Waals surface area contributed by atoms with E-state index in [-0.39, 0.29) is 29.9 Å². The largest absolute Gasteiger partial charge is 0.465 e. The summed E-state index contributed by atoms with van der Waals surface area (Å²) in [6.45, 7) is 2.23. The first-order valence-corrected chi connectivity index (χ1v) is 11.8. The molecule has 6 nitrogen and oxygen atoms in total. The van der Waals surface area contributed by atoms with Gasteiger partial charge in [0.1, 0.15) is 6.04 Å². The van der Waals surface area contributed by atoms with Crippen LogP contribution in [0.4, 0.5) is 0 Å². The number of nitrogens with one attached hydrogen (secondary N) is 1. The predicted octanol–water partition coefficient (Wildman–Crippen LogP) is 2.77. The fraction of sp³-hybridized carbons (Fsp3) is 0.391. The van der Waals surface area contributed by atoms with Gasteiger partial charge in [0.05, 0.1) is 18.2 Å². The number of amides is 1. The van der Waals surface area contributed by atoms with Crippen molar-refractivity contribution in [3.05, 3.63) is 58.1 Å². The molecule has 1 aliphatic carbocycles. The maximum absolute atomic E-state index is 13.5. The Morgan fingerprint density at radius 1 is 1.26 bits per heavy atom. The normalized spacial score (nSPS) is 25.1. The number of esters is 1. The van der Waals surface area contributed by atoms with Crippen molar-refractivity contribution in [2.45, 2.75) is 32.2 Å². The highest BCUT2D eigenvalue weighted by Crippen LogP contribution is 2.32. The van der Waals surface area contributed by atoms with Gasteiger partial charge >= 0.3 is 5.97 Å². The lowest BCUT2D eigenvalue weighted by molar-refractivity contribution is -0.147. The molecule has 3 aliphatic rings. The first-order valence-electron chi connectivity index (χ1n) is 10.4. The summed E-state index contributed by atoms with van der Waals surface area (Å²) in [6, 6.07) is 7.34. The van der Waals surface area contributed by atoms with Crippen LogP contribution < -0.4 is 5.32 Å². The summed E-state index contributed by atoms with van der Waals surface area (Å²) in [5.74, 6) is -1.95. The molecule has 2 unspecified atom stereocenters. The molecule has 162 valence electrons. The number of ketones is 1. The third-order valence-electron chi connectivity index (χ3n) is 5.91. The monoisotopic (exact) mass is 456 g/mol. The average molecular weight is 457 g/mol. The van der Waals surface area contributed by atoms with Crippen LogP contribution in [0.5, 0.6) is 0 Å². The number of nitrogens with zero attached hydrogens (tertiary/aromatic N) is 1. The lowest BCUT2D eigenvalue weighted by Gasteiger charge is -2.31. The van der Waals surface area contributed by atoms with E-state index in [4.69, 9.17) is 17.0 Å². The Kier molecular flexibility index (Phi) is 6.69. The molecule has 0 spiro atoms. The highest BCUT2D eigenvalue weighted by Gasteiger charge is 2.45. The van der Waals surface area contributed by atoms with Crippen molar-refractivity contribution < 1.29 is 19.1 Å². The summed E-state index contributed by atoms with van der Waals surface area (Å²) in [4.78, 5) is 41.2. The number of Topliss-reactive ketones (excluding diaryl/α,β-unsaturated/α-hetero) is 1. The lowest BCUT2D eigenvalue weighted by Crippen LogP contribution is -2.44. The number of aryl methyl sites for hydroxylation is 1. The molecule has 1 aromatic carbocycles. The summed E-state index contributed by atoms with van der Waals surface area (Å²) >= 11 is 6.72. The van der Waals surface area contributed by atoms with E-state index in [1.807, 2.05) is 12.1 Å². The van der Waals surface area contributed by atoms with E-state index < -0.39 is 17.9 Å². The molecule has 0 aromatic heterocycles. The van der Waals surface area contributed by atoms with Crippen LogP contribution in [0.2, 0.25) is 0 Å². The van der Waals surface area contributed by atoms with Gasteiger partial charge in [-0.25, -0.2) is 0 Å². The minimum absolute atomic E-state index is 0.102. The zero-order chi connectivity index (χ0) is 22.0. The van der Waals surface area contributed by atoms with Gasteiger partial charge in [-0.2, -0.15) is 0 Å². The van der Waals surface area contributed by atoms with E-state index in [1.165, 1.54) is 27.8 Å². The van der Waals surface area contributed by atoms with Crippen LogP contribution in [-0.4, -0.2) is 46.6 Å². The number of rotatable bonds is 5. The topological polar surface area (TPSA) is 75.7 Å². The molecule has 3 atom stereocenters.